The van der Waals surface area contributed by atoms with Crippen molar-refractivity contribution in [3.05, 3.63) is 53.0 Å². The SMILES string of the molecule is O=C(CSc1nnc(-c2ccc(Br)cc2)o1)Nc1ccccc1O. The van der Waals surface area contributed by atoms with Gasteiger partial charge in [-0.3, -0.25) is 4.79 Å². The summed E-state index contributed by atoms with van der Waals surface area (Å²) in [7, 11) is 0. The Morgan fingerprint density at radius 1 is 1.17 bits per heavy atom. The van der Waals surface area contributed by atoms with E-state index in [1.54, 1.807) is 18.2 Å². The molecule has 0 saturated heterocycles. The summed E-state index contributed by atoms with van der Waals surface area (Å²) in [6.45, 7) is 0. The van der Waals surface area contributed by atoms with Gasteiger partial charge in [0, 0.05) is 10.0 Å². The van der Waals surface area contributed by atoms with Gasteiger partial charge in [0.2, 0.25) is 11.8 Å². The number of carbonyl (C=O) groups is 1. The fraction of sp³-hybridized carbons (Fsp3) is 0.0625. The van der Waals surface area contributed by atoms with Gasteiger partial charge in [0.25, 0.3) is 5.22 Å². The summed E-state index contributed by atoms with van der Waals surface area (Å²) in [4.78, 5) is 11.9. The number of aromatic nitrogens is 2. The van der Waals surface area contributed by atoms with E-state index >= 15 is 0 Å². The minimum atomic E-state index is -0.273. The second-order valence-electron chi connectivity index (χ2n) is 4.73. The molecule has 8 heteroatoms. The molecule has 6 nitrogen and oxygen atoms in total. The van der Waals surface area contributed by atoms with Crippen molar-refractivity contribution < 1.29 is 14.3 Å². The van der Waals surface area contributed by atoms with E-state index in [9.17, 15) is 9.90 Å². The second kappa shape index (κ2) is 7.50. The van der Waals surface area contributed by atoms with Crippen molar-refractivity contribution in [2.24, 2.45) is 0 Å². The summed E-state index contributed by atoms with van der Waals surface area (Å²) in [5.41, 5.74) is 1.17. The monoisotopic (exact) mass is 405 g/mol. The average molecular weight is 406 g/mol. The predicted octanol–water partition coefficient (Wildman–Crippen LogP) is 3.94. The highest BCUT2D eigenvalue weighted by Gasteiger charge is 2.12. The molecular formula is C16H12BrN3O3S. The van der Waals surface area contributed by atoms with E-state index in [0.29, 0.717) is 16.8 Å². The summed E-state index contributed by atoms with van der Waals surface area (Å²) in [5.74, 6) is 0.234. The molecule has 0 aliphatic carbocycles. The van der Waals surface area contributed by atoms with E-state index < -0.39 is 0 Å². The van der Waals surface area contributed by atoms with Gasteiger partial charge in [-0.05, 0) is 36.4 Å². The number of para-hydroxylation sites is 2. The minimum absolute atomic E-state index is 0.0196. The average Bonchev–Trinajstić information content (AvgIpc) is 3.05. The molecule has 0 atom stereocenters. The molecular weight excluding hydrogens is 394 g/mol. The maximum atomic E-state index is 11.9. The van der Waals surface area contributed by atoms with Gasteiger partial charge in [-0.1, -0.05) is 39.8 Å². The summed E-state index contributed by atoms with van der Waals surface area (Å²) >= 11 is 4.49. The molecule has 122 valence electrons. The van der Waals surface area contributed by atoms with Gasteiger partial charge in [-0.2, -0.15) is 0 Å². The highest BCUT2D eigenvalue weighted by molar-refractivity contribution is 9.10. The third-order valence-corrected chi connectivity index (χ3v) is 4.35. The number of hydrogen-bond donors (Lipinski definition) is 2. The van der Waals surface area contributed by atoms with Crippen LogP contribution in [0.25, 0.3) is 11.5 Å². The molecule has 3 rings (SSSR count). The number of carbonyl (C=O) groups excluding carboxylic acids is 1. The maximum Gasteiger partial charge on any atom is 0.277 e. The Hall–Kier alpha value is -2.32. The largest absolute Gasteiger partial charge is 0.506 e. The fourth-order valence-electron chi connectivity index (χ4n) is 1.87. The zero-order chi connectivity index (χ0) is 16.9. The third kappa shape index (κ3) is 4.15. The van der Waals surface area contributed by atoms with Crippen LogP contribution in [0.3, 0.4) is 0 Å². The van der Waals surface area contributed by atoms with Gasteiger partial charge in [-0.15, -0.1) is 10.2 Å². The summed E-state index contributed by atoms with van der Waals surface area (Å²) in [6.07, 6.45) is 0. The van der Waals surface area contributed by atoms with Crippen LogP contribution in [-0.2, 0) is 4.79 Å². The van der Waals surface area contributed by atoms with Crippen LogP contribution in [0.4, 0.5) is 5.69 Å². The van der Waals surface area contributed by atoms with Crippen LogP contribution >= 0.6 is 27.7 Å². The van der Waals surface area contributed by atoms with Crippen molar-refractivity contribution in [3.63, 3.8) is 0 Å². The number of nitrogens with one attached hydrogen (secondary N) is 1. The molecule has 3 aromatic rings. The first kappa shape index (κ1) is 16.5. The molecule has 0 bridgehead atoms. The Kier molecular flexibility index (Phi) is 5.17. The van der Waals surface area contributed by atoms with Gasteiger partial charge in [-0.25, -0.2) is 0 Å². The van der Waals surface area contributed by atoms with E-state index in [1.165, 1.54) is 6.07 Å². The van der Waals surface area contributed by atoms with Crippen LogP contribution in [0.15, 0.2) is 62.6 Å². The van der Waals surface area contributed by atoms with Gasteiger partial charge >= 0.3 is 0 Å². The molecule has 0 radical (unpaired) electrons. The molecule has 2 aromatic carbocycles. The number of benzene rings is 2. The number of halogens is 1. The highest BCUT2D eigenvalue weighted by atomic mass is 79.9. The first-order chi connectivity index (χ1) is 11.6. The Balaban J connectivity index is 1.58. The molecule has 0 saturated carbocycles. The van der Waals surface area contributed by atoms with E-state index in [0.717, 1.165) is 21.8 Å². The smallest absolute Gasteiger partial charge is 0.277 e. The van der Waals surface area contributed by atoms with E-state index in [2.05, 4.69) is 31.4 Å². The van der Waals surface area contributed by atoms with E-state index in [4.69, 9.17) is 4.42 Å². The number of phenols is 1. The Morgan fingerprint density at radius 3 is 2.67 bits per heavy atom. The second-order valence-corrected chi connectivity index (χ2v) is 6.58. The number of hydrogen-bond acceptors (Lipinski definition) is 6. The van der Waals surface area contributed by atoms with Gasteiger partial charge < -0.3 is 14.8 Å². The van der Waals surface area contributed by atoms with Gasteiger partial charge in [0.15, 0.2) is 0 Å². The molecule has 0 spiro atoms. The lowest BCUT2D eigenvalue weighted by molar-refractivity contribution is -0.113. The third-order valence-electron chi connectivity index (χ3n) is 3.00. The fourth-order valence-corrected chi connectivity index (χ4v) is 2.70. The molecule has 24 heavy (non-hydrogen) atoms. The normalized spacial score (nSPS) is 10.5. The molecule has 2 N–H and O–H groups in total. The molecule has 0 aliphatic heterocycles. The van der Waals surface area contributed by atoms with Crippen LogP contribution in [0.2, 0.25) is 0 Å². The van der Waals surface area contributed by atoms with Crippen LogP contribution < -0.4 is 5.32 Å². The van der Waals surface area contributed by atoms with Crippen molar-refractivity contribution in [3.8, 4) is 17.2 Å². The molecule has 0 aliphatic rings. The quantitative estimate of drug-likeness (QED) is 0.493. The molecule has 0 unspecified atom stereocenters. The Morgan fingerprint density at radius 2 is 1.92 bits per heavy atom. The number of rotatable bonds is 5. The molecule has 1 heterocycles. The number of nitrogens with zero attached hydrogens (tertiary/aromatic N) is 2. The number of phenolic OH excluding ortho intramolecular Hbond substituents is 1. The lowest BCUT2D eigenvalue weighted by atomic mass is 10.2. The van der Waals surface area contributed by atoms with Gasteiger partial charge in [0.05, 0.1) is 11.4 Å². The Bertz CT molecular complexity index is 852. The van der Waals surface area contributed by atoms with Crippen molar-refractivity contribution in [1.29, 1.82) is 0 Å². The van der Waals surface area contributed by atoms with Crippen molar-refractivity contribution >= 4 is 39.3 Å². The summed E-state index contributed by atoms with van der Waals surface area (Å²) < 4.78 is 6.49. The van der Waals surface area contributed by atoms with Crippen molar-refractivity contribution in [2.75, 3.05) is 11.1 Å². The highest BCUT2D eigenvalue weighted by Crippen LogP contribution is 2.25. The Labute approximate surface area is 150 Å². The van der Waals surface area contributed by atoms with E-state index in [1.807, 2.05) is 24.3 Å². The molecule has 1 aromatic heterocycles. The van der Waals surface area contributed by atoms with Crippen LogP contribution in [0.1, 0.15) is 0 Å². The number of amides is 1. The lowest BCUT2D eigenvalue weighted by Crippen LogP contribution is -2.14. The summed E-state index contributed by atoms with van der Waals surface area (Å²) in [6, 6.07) is 14.0. The zero-order valence-electron chi connectivity index (χ0n) is 12.3. The topological polar surface area (TPSA) is 88.2 Å². The number of aromatic hydroxyl groups is 1. The standard InChI is InChI=1S/C16H12BrN3O3S/c17-11-7-5-10(6-8-11)15-19-20-16(23-15)24-9-14(22)18-12-3-1-2-4-13(12)21/h1-8,21H,9H2,(H,18,22). The van der Waals surface area contributed by atoms with Crippen LogP contribution in [0.5, 0.6) is 5.75 Å². The van der Waals surface area contributed by atoms with Crippen LogP contribution in [-0.4, -0.2) is 27.0 Å². The van der Waals surface area contributed by atoms with E-state index in [-0.39, 0.29) is 17.4 Å². The predicted molar refractivity (Wildman–Crippen MR) is 94.9 cm³/mol. The number of anilines is 1. The lowest BCUT2D eigenvalue weighted by Gasteiger charge is -2.05. The van der Waals surface area contributed by atoms with Gasteiger partial charge in [0.1, 0.15) is 5.75 Å². The maximum absolute atomic E-state index is 11.9. The first-order valence-corrected chi connectivity index (χ1v) is 8.70. The number of thioether (sulfide) groups is 1. The first-order valence-electron chi connectivity index (χ1n) is 6.92. The minimum Gasteiger partial charge on any atom is -0.506 e. The van der Waals surface area contributed by atoms with Crippen LogP contribution in [0, 0.1) is 0 Å². The molecule has 0 fully saturated rings. The molecule has 1 amide bonds. The van der Waals surface area contributed by atoms with Crippen molar-refractivity contribution in [2.45, 2.75) is 5.22 Å². The van der Waals surface area contributed by atoms with Crippen molar-refractivity contribution in [1.82, 2.24) is 10.2 Å². The zero-order valence-corrected chi connectivity index (χ0v) is 14.7. The summed E-state index contributed by atoms with van der Waals surface area (Å²) in [5, 5.41) is 20.4.